The van der Waals surface area contributed by atoms with Crippen molar-refractivity contribution >= 4 is 21.6 Å². The Hall–Kier alpha value is -1.61. The lowest BCUT2D eigenvalue weighted by atomic mass is 9.77. The molecule has 0 saturated carbocycles. The number of allylic oxidation sites excluding steroid dienone is 2. The summed E-state index contributed by atoms with van der Waals surface area (Å²) in [5, 5.41) is 3.44. The Balaban J connectivity index is 1.83. The molecule has 1 heterocycles. The van der Waals surface area contributed by atoms with Crippen LogP contribution >= 0.6 is 15.9 Å². The van der Waals surface area contributed by atoms with Gasteiger partial charge in [0.2, 0.25) is 0 Å². The highest BCUT2D eigenvalue weighted by Gasteiger charge is 2.38. The maximum Gasteiger partial charge on any atom is 0.146 e. The SMILES string of the molecule is Fc1cccc2c1N[C@H](c1cccc(Br)c1)[C@@H]1CC=C[C@H]21. The fourth-order valence-corrected chi connectivity index (χ4v) is 4.03. The van der Waals surface area contributed by atoms with Crippen LogP contribution in [-0.4, -0.2) is 0 Å². The number of benzene rings is 2. The lowest BCUT2D eigenvalue weighted by molar-refractivity contribution is 0.420. The summed E-state index contributed by atoms with van der Waals surface area (Å²) in [5.74, 6) is 0.598. The summed E-state index contributed by atoms with van der Waals surface area (Å²) in [6.45, 7) is 0. The van der Waals surface area contributed by atoms with E-state index in [4.69, 9.17) is 0 Å². The summed E-state index contributed by atoms with van der Waals surface area (Å²) >= 11 is 3.53. The zero-order valence-electron chi connectivity index (χ0n) is 11.4. The van der Waals surface area contributed by atoms with Gasteiger partial charge in [0, 0.05) is 10.4 Å². The molecule has 0 bridgehead atoms. The van der Waals surface area contributed by atoms with Crippen molar-refractivity contribution < 1.29 is 4.39 Å². The van der Waals surface area contributed by atoms with Crippen molar-refractivity contribution in [2.45, 2.75) is 18.4 Å². The van der Waals surface area contributed by atoms with Gasteiger partial charge in [-0.3, -0.25) is 0 Å². The number of halogens is 2. The van der Waals surface area contributed by atoms with E-state index in [1.807, 2.05) is 18.2 Å². The fraction of sp³-hybridized carbons (Fsp3) is 0.222. The van der Waals surface area contributed by atoms with Crippen molar-refractivity contribution in [3.63, 3.8) is 0 Å². The van der Waals surface area contributed by atoms with Crippen molar-refractivity contribution in [1.29, 1.82) is 0 Å². The van der Waals surface area contributed by atoms with E-state index < -0.39 is 0 Å². The van der Waals surface area contributed by atoms with Crippen LogP contribution in [0, 0.1) is 11.7 Å². The van der Waals surface area contributed by atoms with Gasteiger partial charge in [-0.25, -0.2) is 4.39 Å². The molecule has 1 aliphatic heterocycles. The second kappa shape index (κ2) is 4.99. The maximum absolute atomic E-state index is 14.2. The molecule has 2 aliphatic rings. The van der Waals surface area contributed by atoms with E-state index in [9.17, 15) is 4.39 Å². The monoisotopic (exact) mass is 343 g/mol. The zero-order chi connectivity index (χ0) is 14.4. The largest absolute Gasteiger partial charge is 0.375 e. The molecule has 2 aromatic carbocycles. The molecule has 0 amide bonds. The molecule has 3 atom stereocenters. The van der Waals surface area contributed by atoms with Crippen LogP contribution in [0.3, 0.4) is 0 Å². The minimum atomic E-state index is -0.161. The molecule has 1 nitrogen and oxygen atoms in total. The molecule has 0 spiro atoms. The van der Waals surface area contributed by atoms with E-state index in [2.05, 4.69) is 45.5 Å². The van der Waals surface area contributed by atoms with E-state index in [0.717, 1.165) is 16.5 Å². The van der Waals surface area contributed by atoms with Crippen molar-refractivity contribution in [3.05, 3.63) is 76.0 Å². The van der Waals surface area contributed by atoms with Crippen LogP contribution in [0.1, 0.15) is 29.5 Å². The van der Waals surface area contributed by atoms with Gasteiger partial charge in [0.1, 0.15) is 5.82 Å². The number of hydrogen-bond acceptors (Lipinski definition) is 1. The van der Waals surface area contributed by atoms with Crippen molar-refractivity contribution in [1.82, 2.24) is 0 Å². The van der Waals surface area contributed by atoms with Crippen LogP contribution in [0.5, 0.6) is 0 Å². The van der Waals surface area contributed by atoms with Crippen LogP contribution in [-0.2, 0) is 0 Å². The molecule has 1 aliphatic carbocycles. The van der Waals surface area contributed by atoms with Crippen LogP contribution in [0.15, 0.2) is 59.1 Å². The van der Waals surface area contributed by atoms with E-state index >= 15 is 0 Å². The summed E-state index contributed by atoms with van der Waals surface area (Å²) in [4.78, 5) is 0. The summed E-state index contributed by atoms with van der Waals surface area (Å²) in [6, 6.07) is 13.8. The highest BCUT2D eigenvalue weighted by molar-refractivity contribution is 9.10. The molecule has 0 saturated heterocycles. The second-order valence-electron chi connectivity index (χ2n) is 5.73. The number of para-hydroxylation sites is 1. The first kappa shape index (κ1) is 13.1. The first-order valence-corrected chi connectivity index (χ1v) is 8.00. The Morgan fingerprint density at radius 1 is 1.14 bits per heavy atom. The Bertz CT molecular complexity index is 725. The van der Waals surface area contributed by atoms with Gasteiger partial charge in [-0.05, 0) is 41.7 Å². The molecule has 0 unspecified atom stereocenters. The van der Waals surface area contributed by atoms with Crippen LogP contribution in [0.4, 0.5) is 10.1 Å². The highest BCUT2D eigenvalue weighted by atomic mass is 79.9. The predicted octanol–water partition coefficient (Wildman–Crippen LogP) is 5.41. The Morgan fingerprint density at radius 2 is 2.00 bits per heavy atom. The van der Waals surface area contributed by atoms with E-state index in [-0.39, 0.29) is 11.9 Å². The van der Waals surface area contributed by atoms with Gasteiger partial charge in [-0.15, -0.1) is 0 Å². The van der Waals surface area contributed by atoms with Gasteiger partial charge in [0.05, 0.1) is 11.7 Å². The summed E-state index contributed by atoms with van der Waals surface area (Å²) in [6.07, 6.45) is 5.49. The van der Waals surface area contributed by atoms with Gasteiger partial charge in [-0.2, -0.15) is 0 Å². The molecule has 2 aromatic rings. The van der Waals surface area contributed by atoms with Gasteiger partial charge in [0.25, 0.3) is 0 Å². The van der Waals surface area contributed by atoms with Crippen molar-refractivity contribution in [2.75, 3.05) is 5.32 Å². The third-order valence-corrected chi connectivity index (χ3v) is 5.05. The van der Waals surface area contributed by atoms with Gasteiger partial charge in [0.15, 0.2) is 0 Å². The Morgan fingerprint density at radius 3 is 2.86 bits per heavy atom. The number of hydrogen-bond donors (Lipinski definition) is 1. The topological polar surface area (TPSA) is 12.0 Å². The van der Waals surface area contributed by atoms with Crippen LogP contribution < -0.4 is 5.32 Å². The average Bonchev–Trinajstić information content (AvgIpc) is 2.96. The fourth-order valence-electron chi connectivity index (χ4n) is 3.61. The third-order valence-electron chi connectivity index (χ3n) is 4.55. The van der Waals surface area contributed by atoms with Gasteiger partial charge < -0.3 is 5.32 Å². The van der Waals surface area contributed by atoms with Gasteiger partial charge >= 0.3 is 0 Å². The van der Waals surface area contributed by atoms with Crippen molar-refractivity contribution in [2.24, 2.45) is 5.92 Å². The van der Waals surface area contributed by atoms with Gasteiger partial charge in [-0.1, -0.05) is 52.3 Å². The summed E-state index contributed by atoms with van der Waals surface area (Å²) in [5.41, 5.74) is 2.95. The lowest BCUT2D eigenvalue weighted by Crippen LogP contribution is -2.29. The first-order chi connectivity index (χ1) is 10.2. The Kier molecular flexibility index (Phi) is 3.11. The van der Waals surface area contributed by atoms with E-state index in [1.165, 1.54) is 11.6 Å². The normalized spacial score (nSPS) is 26.1. The molecule has 0 radical (unpaired) electrons. The molecular formula is C18H15BrFN. The number of fused-ring (bicyclic) bond motifs is 3. The zero-order valence-corrected chi connectivity index (χ0v) is 13.0. The van der Waals surface area contributed by atoms with Crippen molar-refractivity contribution in [3.8, 4) is 0 Å². The highest BCUT2D eigenvalue weighted by Crippen LogP contribution is 2.50. The first-order valence-electron chi connectivity index (χ1n) is 7.21. The molecular weight excluding hydrogens is 329 g/mol. The minimum absolute atomic E-state index is 0.145. The molecule has 1 N–H and O–H groups in total. The number of nitrogens with one attached hydrogen (secondary N) is 1. The second-order valence-corrected chi connectivity index (χ2v) is 6.65. The smallest absolute Gasteiger partial charge is 0.146 e. The summed E-state index contributed by atoms with van der Waals surface area (Å²) in [7, 11) is 0. The molecule has 0 fully saturated rings. The number of anilines is 1. The molecule has 3 heteroatoms. The van der Waals surface area contributed by atoms with Crippen LogP contribution in [0.2, 0.25) is 0 Å². The predicted molar refractivity (Wildman–Crippen MR) is 86.9 cm³/mol. The maximum atomic E-state index is 14.2. The Labute approximate surface area is 132 Å². The lowest BCUT2D eigenvalue weighted by Gasteiger charge is -2.37. The molecule has 21 heavy (non-hydrogen) atoms. The minimum Gasteiger partial charge on any atom is -0.375 e. The summed E-state index contributed by atoms with van der Waals surface area (Å²) < 4.78 is 15.3. The third kappa shape index (κ3) is 2.11. The number of rotatable bonds is 1. The van der Waals surface area contributed by atoms with E-state index in [0.29, 0.717) is 17.5 Å². The van der Waals surface area contributed by atoms with E-state index in [1.54, 1.807) is 6.07 Å². The molecule has 0 aromatic heterocycles. The quantitative estimate of drug-likeness (QED) is 0.682. The van der Waals surface area contributed by atoms with Crippen LogP contribution in [0.25, 0.3) is 0 Å². The standard InChI is InChI=1S/C18H15BrFN/c19-12-5-1-4-11(10-12)17-14-7-2-6-13(14)15-8-3-9-16(20)18(15)21-17/h1-6,8-10,13-14,17,21H,7H2/t13-,14+,17+/m0/s1. The molecule has 106 valence electrons. The molecule has 4 rings (SSSR count). The average molecular weight is 344 g/mol.